The molecule has 0 bridgehead atoms. The second-order valence-corrected chi connectivity index (χ2v) is 5.28. The van der Waals surface area contributed by atoms with Crippen molar-refractivity contribution in [2.24, 2.45) is 14.7 Å². The Kier molecular flexibility index (Phi) is 10.8. The highest BCUT2D eigenvalue weighted by atomic mass is 31.2. The minimum Gasteiger partial charge on any atom is -0.508 e. The number of azide groups is 1. The fourth-order valence-electron chi connectivity index (χ4n) is 1.07. The quantitative estimate of drug-likeness (QED) is 0.300. The van der Waals surface area contributed by atoms with Gasteiger partial charge in [-0.15, -0.1) is 0 Å². The van der Waals surface area contributed by atoms with Crippen LogP contribution in [0.1, 0.15) is 0 Å². The number of hydrogen-bond acceptors (Lipinski definition) is 3. The van der Waals surface area contributed by atoms with Crippen molar-refractivity contribution in [1.29, 1.82) is 0 Å². The van der Waals surface area contributed by atoms with E-state index in [2.05, 4.69) is 29.4 Å². The minimum atomic E-state index is -4.09. The zero-order valence-electron chi connectivity index (χ0n) is 12.5. The topological polar surface area (TPSA) is 204 Å². The van der Waals surface area contributed by atoms with Gasteiger partial charge in [0.05, 0.1) is 0 Å². The van der Waals surface area contributed by atoms with E-state index in [1.807, 2.05) is 12.1 Å². The number of hydrogen-bond donors (Lipinski definition) is 2. The van der Waals surface area contributed by atoms with Gasteiger partial charge >= 0.3 is 7.59 Å². The molecular weight excluding hydrogens is 349 g/mol. The smallest absolute Gasteiger partial charge is 0.341 e. The third-order valence-corrected chi connectivity index (χ3v) is 2.92. The van der Waals surface area contributed by atoms with Crippen LogP contribution in [0, 0.1) is 0 Å². The third kappa shape index (κ3) is 11.4. The van der Waals surface area contributed by atoms with Gasteiger partial charge in [0.15, 0.2) is 0 Å². The lowest BCUT2D eigenvalue weighted by molar-refractivity contribution is 0.475. The number of benzene rings is 2. The Hall–Kier alpha value is -3.80. The molecule has 2 rings (SSSR count). The molecule has 12 nitrogen and oxygen atoms in total. The van der Waals surface area contributed by atoms with Crippen molar-refractivity contribution in [3.8, 4) is 11.5 Å². The Morgan fingerprint density at radius 3 is 1.12 bits per heavy atom. The lowest BCUT2D eigenvalue weighted by Gasteiger charge is -1.89. The molecule has 2 aromatic rings. The molecule has 0 aromatic heterocycles. The van der Waals surface area contributed by atoms with Gasteiger partial charge in [-0.05, 0) is 55.5 Å². The Balaban J connectivity index is 0.000000358. The van der Waals surface area contributed by atoms with Crippen molar-refractivity contribution in [3.05, 3.63) is 92.0 Å². The maximum atomic E-state index is 10.8. The van der Waals surface area contributed by atoms with Gasteiger partial charge in [-0.2, -0.15) is 0 Å². The van der Waals surface area contributed by atoms with Crippen LogP contribution in [-0.2, 0) is 4.57 Å². The van der Waals surface area contributed by atoms with E-state index in [4.69, 9.17) is 26.8 Å². The van der Waals surface area contributed by atoms with Crippen molar-refractivity contribution >= 4 is 7.59 Å². The van der Waals surface area contributed by atoms with Crippen LogP contribution >= 0.6 is 7.59 Å². The molecule has 0 saturated heterocycles. The van der Waals surface area contributed by atoms with Crippen LogP contribution in [0.3, 0.4) is 0 Å². The first-order chi connectivity index (χ1) is 12.0. The first-order valence-electron chi connectivity index (χ1n) is 6.25. The Morgan fingerprint density at radius 1 is 0.680 bits per heavy atom. The zero-order chi connectivity index (χ0) is 19.0. The van der Waals surface area contributed by atoms with Gasteiger partial charge < -0.3 is 14.8 Å². The van der Waals surface area contributed by atoms with Gasteiger partial charge in [-0.25, -0.2) is 0 Å². The van der Waals surface area contributed by atoms with Crippen LogP contribution in [0.5, 0.6) is 11.5 Å². The monoisotopic (exact) mass is 361 g/mol. The standard InChI is InChI=1S/2C6H6O.N9OP/c2*7-6-4-2-1-3-5-6;1-4-7-11(10,8-5-2)9-6-3/h2*1-5,7H;. The van der Waals surface area contributed by atoms with E-state index in [0.717, 1.165) is 0 Å². The van der Waals surface area contributed by atoms with E-state index in [0.29, 0.717) is 11.5 Å². The molecule has 0 aliphatic rings. The molecule has 0 unspecified atom stereocenters. The first kappa shape index (κ1) is 21.2. The summed E-state index contributed by atoms with van der Waals surface area (Å²) in [6.45, 7) is 0. The third-order valence-electron chi connectivity index (χ3n) is 1.98. The highest BCUT2D eigenvalue weighted by Gasteiger charge is 2.14. The maximum absolute atomic E-state index is 10.8. The summed E-state index contributed by atoms with van der Waals surface area (Å²) < 4.78 is 10.8. The van der Waals surface area contributed by atoms with Crippen molar-refractivity contribution in [2.75, 3.05) is 0 Å². The van der Waals surface area contributed by atoms with Gasteiger partial charge in [0, 0.05) is 14.7 Å². The molecule has 0 saturated carbocycles. The number of rotatable bonds is 3. The molecular formula is C12H12N9O3P. The van der Waals surface area contributed by atoms with Crippen LogP contribution in [0.4, 0.5) is 0 Å². The molecule has 25 heavy (non-hydrogen) atoms. The SMILES string of the molecule is Oc1ccccc1.Oc1ccccc1.[N-]=[N+]=NP(=O)(N=[N+]=[N-])N=[N+]=[N-]. The van der Waals surface area contributed by atoms with Crippen LogP contribution in [-0.4, -0.2) is 10.2 Å². The van der Waals surface area contributed by atoms with Crippen molar-refractivity contribution in [2.45, 2.75) is 0 Å². The summed E-state index contributed by atoms with van der Waals surface area (Å²) in [4.78, 5) is 13.8. The predicted molar refractivity (Wildman–Crippen MR) is 91.3 cm³/mol. The summed E-state index contributed by atoms with van der Waals surface area (Å²) >= 11 is 0. The van der Waals surface area contributed by atoms with Crippen LogP contribution < -0.4 is 0 Å². The average molecular weight is 361 g/mol. The molecule has 0 heterocycles. The summed E-state index contributed by atoms with van der Waals surface area (Å²) in [5.74, 6) is 0.644. The van der Waals surface area contributed by atoms with Gasteiger partial charge in [-0.1, -0.05) is 36.4 Å². The number of phenols is 2. The average Bonchev–Trinajstić information content (AvgIpc) is 2.58. The lowest BCUT2D eigenvalue weighted by Crippen LogP contribution is -1.57. The molecule has 0 spiro atoms. The molecule has 128 valence electrons. The van der Waals surface area contributed by atoms with Gasteiger partial charge in [0.25, 0.3) is 0 Å². The number of para-hydroxylation sites is 2. The Bertz CT molecular complexity index is 738. The first-order valence-corrected chi connectivity index (χ1v) is 7.82. The van der Waals surface area contributed by atoms with E-state index in [9.17, 15) is 4.57 Å². The van der Waals surface area contributed by atoms with Crippen LogP contribution in [0.2, 0.25) is 0 Å². The zero-order valence-corrected chi connectivity index (χ0v) is 13.4. The summed E-state index contributed by atoms with van der Waals surface area (Å²) in [7, 11) is -4.09. The Labute approximate surface area is 141 Å². The van der Waals surface area contributed by atoms with E-state index >= 15 is 0 Å². The maximum Gasteiger partial charge on any atom is 0.341 e. The van der Waals surface area contributed by atoms with Crippen molar-refractivity contribution in [3.63, 3.8) is 0 Å². The van der Waals surface area contributed by atoms with E-state index in [1.165, 1.54) is 0 Å². The molecule has 0 aliphatic carbocycles. The normalized spacial score (nSPS) is 10.4. The highest BCUT2D eigenvalue weighted by Crippen LogP contribution is 2.51. The summed E-state index contributed by atoms with van der Waals surface area (Å²) in [6.07, 6.45) is 0. The second kappa shape index (κ2) is 12.7. The second-order valence-electron chi connectivity index (χ2n) is 3.72. The van der Waals surface area contributed by atoms with Crippen molar-refractivity contribution < 1.29 is 14.8 Å². The van der Waals surface area contributed by atoms with E-state index < -0.39 is 7.59 Å². The molecule has 0 radical (unpaired) electrons. The summed E-state index contributed by atoms with van der Waals surface area (Å²) in [5.41, 5.74) is 23.3. The number of aromatic hydroxyl groups is 2. The molecule has 0 amide bonds. The van der Waals surface area contributed by atoms with Crippen LogP contribution in [0.25, 0.3) is 31.3 Å². The van der Waals surface area contributed by atoms with E-state index in [-0.39, 0.29) is 0 Å². The highest BCUT2D eigenvalue weighted by molar-refractivity contribution is 7.59. The molecule has 2 N–H and O–H groups in total. The van der Waals surface area contributed by atoms with E-state index in [1.54, 1.807) is 48.5 Å². The lowest BCUT2D eigenvalue weighted by atomic mass is 10.3. The van der Waals surface area contributed by atoms with Gasteiger partial charge in [0.2, 0.25) is 0 Å². The molecule has 2 aromatic carbocycles. The largest absolute Gasteiger partial charge is 0.508 e. The molecule has 0 aliphatic heterocycles. The Morgan fingerprint density at radius 2 is 0.960 bits per heavy atom. The predicted octanol–water partition coefficient (Wildman–Crippen LogP) is 5.81. The van der Waals surface area contributed by atoms with Gasteiger partial charge in [-0.3, -0.25) is 0 Å². The summed E-state index contributed by atoms with van der Waals surface area (Å²) in [5, 5.41) is 17.3. The van der Waals surface area contributed by atoms with Crippen LogP contribution in [0.15, 0.2) is 75.3 Å². The fraction of sp³-hybridized carbons (Fsp3) is 0. The molecule has 0 atom stereocenters. The molecule has 0 fully saturated rings. The minimum absolute atomic E-state index is 0.322. The van der Waals surface area contributed by atoms with Crippen molar-refractivity contribution in [1.82, 2.24) is 0 Å². The fourth-order valence-corrected chi connectivity index (χ4v) is 1.49. The molecule has 13 heteroatoms. The van der Waals surface area contributed by atoms with Gasteiger partial charge in [0.1, 0.15) is 11.5 Å². The number of nitrogens with zero attached hydrogens (tertiary/aromatic N) is 9. The number of phenolic OH excluding ortho intramolecular Hbond substituents is 2. The summed E-state index contributed by atoms with van der Waals surface area (Å²) in [6, 6.07) is 17.4.